The third-order valence-corrected chi connectivity index (χ3v) is 10.8. The molecule has 324 valence electrons. The largest absolute Gasteiger partial charge is 0.394 e. The second-order valence-electron chi connectivity index (χ2n) is 15.6. The zero-order chi connectivity index (χ0) is 41.0. The Balaban J connectivity index is 1.68. The summed E-state index contributed by atoms with van der Waals surface area (Å²) in [6, 6.07) is 4.46. The molecule has 8 N–H and O–H groups in total. The summed E-state index contributed by atoms with van der Waals surface area (Å²) < 4.78 is 24.1. The zero-order valence-electron chi connectivity index (χ0n) is 34.0. The number of carbonyl (C=O) groups excluding carboxylic acids is 2. The van der Waals surface area contributed by atoms with Crippen LogP contribution in [0.3, 0.4) is 0 Å². The lowest BCUT2D eigenvalue weighted by molar-refractivity contribution is -0.303. The van der Waals surface area contributed by atoms with E-state index < -0.39 is 55.6 Å². The van der Waals surface area contributed by atoms with E-state index in [4.69, 9.17) is 9.47 Å². The standard InChI is InChI=1S/C43H75FN2O10/c1-2-3-4-5-6-7-8-9-11-14-17-20-23-35(48)38(50)34(31-55-43-41(53)40(52)39(51)36(30-47)56-43)46-37(49)24-21-18-15-12-10-13-16-19-22-29-45-42(54)32-25-27-33(44)28-26-32/h25-28,34-36,38-41,43,47-48,50-53H,2-24,29-31H2,1H3,(H,45,54)(H,46,49)/t34-,35+,36?,38-,39-,40-,41?,43-/m0/s1. The fraction of sp³-hybridized carbons (Fsp3) is 0.814. The van der Waals surface area contributed by atoms with E-state index in [1.54, 1.807) is 0 Å². The molecule has 2 unspecified atom stereocenters. The molecular weight excluding hydrogens is 723 g/mol. The van der Waals surface area contributed by atoms with Gasteiger partial charge < -0.3 is 50.7 Å². The van der Waals surface area contributed by atoms with E-state index in [1.807, 2.05) is 0 Å². The maximum absolute atomic E-state index is 13.0. The van der Waals surface area contributed by atoms with Gasteiger partial charge in [-0.3, -0.25) is 9.59 Å². The molecule has 0 radical (unpaired) electrons. The van der Waals surface area contributed by atoms with Gasteiger partial charge >= 0.3 is 0 Å². The van der Waals surface area contributed by atoms with E-state index in [2.05, 4.69) is 17.6 Å². The monoisotopic (exact) mass is 799 g/mol. The van der Waals surface area contributed by atoms with Crippen molar-refractivity contribution in [3.8, 4) is 0 Å². The molecule has 8 atom stereocenters. The fourth-order valence-electron chi connectivity index (χ4n) is 7.09. The van der Waals surface area contributed by atoms with E-state index in [9.17, 15) is 44.6 Å². The summed E-state index contributed by atoms with van der Waals surface area (Å²) >= 11 is 0. The summed E-state index contributed by atoms with van der Waals surface area (Å²) in [5, 5.41) is 67.8. The highest BCUT2D eigenvalue weighted by Crippen LogP contribution is 2.23. The van der Waals surface area contributed by atoms with Gasteiger partial charge in [-0.25, -0.2) is 4.39 Å². The van der Waals surface area contributed by atoms with Gasteiger partial charge in [0.05, 0.1) is 25.4 Å². The summed E-state index contributed by atoms with van der Waals surface area (Å²) in [4.78, 5) is 25.1. The summed E-state index contributed by atoms with van der Waals surface area (Å²) in [5.41, 5.74) is 0.446. The molecule has 0 saturated carbocycles. The molecule has 12 nitrogen and oxygen atoms in total. The summed E-state index contributed by atoms with van der Waals surface area (Å²) in [5.74, 6) is -0.880. The maximum Gasteiger partial charge on any atom is 0.251 e. The van der Waals surface area contributed by atoms with E-state index in [-0.39, 0.29) is 30.7 Å². The SMILES string of the molecule is CCCCCCCCCCCCCC[C@@H](O)[C@@H](O)[C@H](CO[C@H]1OC(CO)[C@H](O)[C@H](O)C1O)NC(=O)CCCCCCCCCCCNC(=O)c1ccc(F)cc1. The van der Waals surface area contributed by atoms with Crippen LogP contribution in [0.1, 0.15) is 165 Å². The number of amides is 2. The third-order valence-electron chi connectivity index (χ3n) is 10.8. The van der Waals surface area contributed by atoms with Crippen molar-refractivity contribution in [2.75, 3.05) is 19.8 Å². The molecule has 1 saturated heterocycles. The van der Waals surface area contributed by atoms with Gasteiger partial charge in [-0.1, -0.05) is 129 Å². The second kappa shape index (κ2) is 30.8. The first-order valence-corrected chi connectivity index (χ1v) is 21.7. The van der Waals surface area contributed by atoms with E-state index in [0.29, 0.717) is 24.9 Å². The van der Waals surface area contributed by atoms with Crippen LogP contribution in [0.2, 0.25) is 0 Å². The number of aliphatic hydroxyl groups is 6. The van der Waals surface area contributed by atoms with Crippen molar-refractivity contribution in [2.24, 2.45) is 0 Å². The molecule has 0 bridgehead atoms. The average Bonchev–Trinajstić information content (AvgIpc) is 3.19. The van der Waals surface area contributed by atoms with Crippen LogP contribution in [0.15, 0.2) is 24.3 Å². The van der Waals surface area contributed by atoms with Crippen LogP contribution in [0.5, 0.6) is 0 Å². The van der Waals surface area contributed by atoms with Crippen molar-refractivity contribution in [1.29, 1.82) is 0 Å². The van der Waals surface area contributed by atoms with Crippen LogP contribution in [-0.4, -0.2) is 111 Å². The van der Waals surface area contributed by atoms with Gasteiger partial charge in [-0.15, -0.1) is 0 Å². The number of hydrogen-bond acceptors (Lipinski definition) is 10. The minimum atomic E-state index is -1.63. The lowest BCUT2D eigenvalue weighted by Gasteiger charge is -2.40. The van der Waals surface area contributed by atoms with E-state index in [0.717, 1.165) is 77.0 Å². The predicted octanol–water partition coefficient (Wildman–Crippen LogP) is 5.57. The highest BCUT2D eigenvalue weighted by Gasteiger charge is 2.44. The van der Waals surface area contributed by atoms with Crippen LogP contribution in [0.4, 0.5) is 4.39 Å². The molecule has 2 amide bonds. The average molecular weight is 799 g/mol. The molecule has 1 fully saturated rings. The number of nitrogens with one attached hydrogen (secondary N) is 2. The van der Waals surface area contributed by atoms with Gasteiger partial charge in [0, 0.05) is 18.5 Å². The number of aliphatic hydroxyl groups excluding tert-OH is 6. The van der Waals surface area contributed by atoms with E-state index >= 15 is 0 Å². The highest BCUT2D eigenvalue weighted by atomic mass is 19.1. The molecule has 1 aromatic rings. The normalized spacial score (nSPS) is 21.4. The van der Waals surface area contributed by atoms with Crippen molar-refractivity contribution in [1.82, 2.24) is 10.6 Å². The Morgan fingerprint density at radius 2 is 1.25 bits per heavy atom. The minimum absolute atomic E-state index is 0.200. The molecule has 56 heavy (non-hydrogen) atoms. The molecule has 0 aromatic heterocycles. The Labute approximate surface area is 335 Å². The second-order valence-corrected chi connectivity index (χ2v) is 15.6. The smallest absolute Gasteiger partial charge is 0.251 e. The van der Waals surface area contributed by atoms with Crippen LogP contribution in [0.25, 0.3) is 0 Å². The number of carbonyl (C=O) groups is 2. The Morgan fingerprint density at radius 3 is 1.80 bits per heavy atom. The molecule has 1 aliphatic heterocycles. The topological polar surface area (TPSA) is 198 Å². The summed E-state index contributed by atoms with van der Waals surface area (Å²) in [6.45, 7) is 1.84. The fourth-order valence-corrected chi connectivity index (χ4v) is 7.09. The number of hydrogen-bond donors (Lipinski definition) is 8. The summed E-state index contributed by atoms with van der Waals surface area (Å²) in [6.07, 6.45) is 13.4. The first kappa shape index (κ1) is 49.9. The van der Waals surface area contributed by atoms with Gasteiger partial charge in [0.1, 0.15) is 36.3 Å². The lowest BCUT2D eigenvalue weighted by Crippen LogP contribution is -2.60. The molecular formula is C43H75FN2O10. The van der Waals surface area contributed by atoms with Crippen molar-refractivity contribution in [3.05, 3.63) is 35.6 Å². The van der Waals surface area contributed by atoms with Gasteiger partial charge in [-0.05, 0) is 43.5 Å². The zero-order valence-corrected chi connectivity index (χ0v) is 34.0. The van der Waals surface area contributed by atoms with Gasteiger partial charge in [-0.2, -0.15) is 0 Å². The number of ether oxygens (including phenoxy) is 2. The Morgan fingerprint density at radius 1 is 0.732 bits per heavy atom. The molecule has 0 aliphatic carbocycles. The Hall–Kier alpha value is -2.23. The predicted molar refractivity (Wildman–Crippen MR) is 214 cm³/mol. The van der Waals surface area contributed by atoms with Crippen molar-refractivity contribution < 1.29 is 54.1 Å². The highest BCUT2D eigenvalue weighted by molar-refractivity contribution is 5.94. The van der Waals surface area contributed by atoms with Crippen LogP contribution < -0.4 is 10.6 Å². The summed E-state index contributed by atoms with van der Waals surface area (Å²) in [7, 11) is 0. The minimum Gasteiger partial charge on any atom is -0.394 e. The van der Waals surface area contributed by atoms with Crippen LogP contribution in [-0.2, 0) is 14.3 Å². The first-order chi connectivity index (χ1) is 27.1. The Kier molecular flexibility index (Phi) is 27.4. The Bertz CT molecular complexity index is 1150. The molecule has 13 heteroatoms. The van der Waals surface area contributed by atoms with Gasteiger partial charge in [0.25, 0.3) is 5.91 Å². The lowest BCUT2D eigenvalue weighted by atomic mass is 9.98. The first-order valence-electron chi connectivity index (χ1n) is 21.7. The number of halogens is 1. The van der Waals surface area contributed by atoms with Crippen LogP contribution >= 0.6 is 0 Å². The van der Waals surface area contributed by atoms with E-state index in [1.165, 1.54) is 75.6 Å². The molecule has 1 aromatic carbocycles. The number of benzene rings is 1. The molecule has 0 spiro atoms. The van der Waals surface area contributed by atoms with Crippen molar-refractivity contribution in [3.63, 3.8) is 0 Å². The van der Waals surface area contributed by atoms with Crippen LogP contribution in [0, 0.1) is 5.82 Å². The van der Waals surface area contributed by atoms with Gasteiger partial charge in [0.15, 0.2) is 6.29 Å². The number of rotatable bonds is 33. The number of unbranched alkanes of at least 4 members (excludes halogenated alkanes) is 19. The van der Waals surface area contributed by atoms with Crippen molar-refractivity contribution in [2.45, 2.75) is 204 Å². The quantitative estimate of drug-likeness (QED) is 0.0416. The van der Waals surface area contributed by atoms with Crippen molar-refractivity contribution >= 4 is 11.8 Å². The third kappa shape index (κ3) is 21.0. The van der Waals surface area contributed by atoms with Gasteiger partial charge in [0.2, 0.25) is 5.91 Å². The molecule has 1 aliphatic rings. The molecule has 1 heterocycles. The maximum atomic E-state index is 13.0. The molecule has 2 rings (SSSR count).